The molecule has 10 heteroatoms. The van der Waals surface area contributed by atoms with Gasteiger partial charge in [0, 0.05) is 33.7 Å². The van der Waals surface area contributed by atoms with Crippen molar-refractivity contribution in [2.45, 2.75) is 96.8 Å². The van der Waals surface area contributed by atoms with Crippen molar-refractivity contribution in [3.8, 4) is 0 Å². The Kier molecular flexibility index (Phi) is 21.0. The Balaban J connectivity index is 0.00000152. The number of fused-ring (bicyclic) bond motifs is 1. The lowest BCUT2D eigenvalue weighted by Gasteiger charge is -2.13. The molecular weight excluding hydrogens is 632 g/mol. The Bertz CT molecular complexity index is 1420. The largest absolute Gasteiger partial charge is 0.416 e. The molecule has 0 aliphatic rings. The van der Waals surface area contributed by atoms with E-state index in [1.54, 1.807) is 24.3 Å². The maximum absolute atomic E-state index is 13.3. The van der Waals surface area contributed by atoms with Crippen LogP contribution in [0, 0.1) is 0 Å². The number of nitrogens with one attached hydrogen (secondary N) is 1. The van der Waals surface area contributed by atoms with Gasteiger partial charge in [-0.3, -0.25) is 4.98 Å². The fourth-order valence-electron chi connectivity index (χ4n) is 4.00. The number of aromatic nitrogens is 1. The Morgan fingerprint density at radius 2 is 1.49 bits per heavy atom. The van der Waals surface area contributed by atoms with Gasteiger partial charge in [-0.2, -0.15) is 26.3 Å². The van der Waals surface area contributed by atoms with Gasteiger partial charge in [0.2, 0.25) is 0 Å². The van der Waals surface area contributed by atoms with E-state index in [2.05, 4.69) is 55.7 Å². The van der Waals surface area contributed by atoms with Gasteiger partial charge >= 0.3 is 12.4 Å². The summed E-state index contributed by atoms with van der Waals surface area (Å²) in [4.78, 5) is 5.11. The number of unbranched alkanes of at least 4 members (excludes halogenated alkanes) is 4. The summed E-state index contributed by atoms with van der Waals surface area (Å²) in [6.07, 6.45) is -1.44. The second kappa shape index (κ2) is 22.8. The molecular formula is C37H49F6N3S. The van der Waals surface area contributed by atoms with E-state index in [9.17, 15) is 26.3 Å². The molecule has 1 aromatic heterocycles. The molecule has 3 N–H and O–H groups in total. The number of hydrogen-bond acceptors (Lipinski definition) is 4. The molecule has 0 atom stereocenters. The van der Waals surface area contributed by atoms with Crippen LogP contribution in [0.1, 0.15) is 84.4 Å². The molecule has 3 nitrogen and oxygen atoms in total. The number of anilines is 1. The molecule has 1 heterocycles. The predicted octanol–water partition coefficient (Wildman–Crippen LogP) is 12.6. The van der Waals surface area contributed by atoms with Gasteiger partial charge in [-0.05, 0) is 54.6 Å². The Hall–Kier alpha value is -3.66. The zero-order valence-electron chi connectivity index (χ0n) is 28.0. The first-order valence-corrected chi connectivity index (χ1v) is 16.2. The van der Waals surface area contributed by atoms with Crippen molar-refractivity contribution in [1.82, 2.24) is 4.98 Å². The van der Waals surface area contributed by atoms with Crippen LogP contribution in [0.2, 0.25) is 0 Å². The highest BCUT2D eigenvalue weighted by molar-refractivity contribution is 7.80. The number of thiol groups is 1. The maximum atomic E-state index is 13.3. The number of allylic oxidation sites excluding steroid dienone is 4. The lowest BCUT2D eigenvalue weighted by atomic mass is 10.1. The van der Waals surface area contributed by atoms with Gasteiger partial charge in [0.1, 0.15) is 0 Å². The fraction of sp³-hybridized carbons (Fsp3) is 0.378. The zero-order valence-corrected chi connectivity index (χ0v) is 28.9. The van der Waals surface area contributed by atoms with Crippen LogP contribution in [0.25, 0.3) is 16.6 Å². The highest BCUT2D eigenvalue weighted by Crippen LogP contribution is 2.34. The van der Waals surface area contributed by atoms with E-state index in [4.69, 9.17) is 0 Å². The molecule has 0 aliphatic heterocycles. The molecule has 0 aliphatic carbocycles. The molecule has 0 bridgehead atoms. The number of pyridine rings is 1. The van der Waals surface area contributed by atoms with E-state index in [0.717, 1.165) is 34.5 Å². The van der Waals surface area contributed by atoms with Crippen LogP contribution >= 0.6 is 12.6 Å². The molecule has 0 amide bonds. The predicted molar refractivity (Wildman–Crippen MR) is 191 cm³/mol. The quantitative estimate of drug-likeness (QED) is 0.0817. The molecule has 0 unspecified atom stereocenters. The lowest BCUT2D eigenvalue weighted by molar-refractivity contribution is -0.0970. The van der Waals surface area contributed by atoms with Crippen molar-refractivity contribution < 1.29 is 26.3 Å². The minimum absolute atomic E-state index is 0.162. The Labute approximate surface area is 282 Å². The molecule has 47 heavy (non-hydrogen) atoms. The molecule has 3 aromatic rings. The van der Waals surface area contributed by atoms with Gasteiger partial charge in [0.05, 0.1) is 16.8 Å². The smallest absolute Gasteiger partial charge is 0.405 e. The second-order valence-electron chi connectivity index (χ2n) is 10.0. The first kappa shape index (κ1) is 43.3. The molecule has 3 rings (SSSR count). The van der Waals surface area contributed by atoms with E-state index >= 15 is 0 Å². The normalized spacial score (nSPS) is 11.7. The van der Waals surface area contributed by atoms with Crippen molar-refractivity contribution in [3.63, 3.8) is 0 Å². The molecule has 0 saturated carbocycles. The molecule has 260 valence electrons. The van der Waals surface area contributed by atoms with Crippen molar-refractivity contribution in [2.75, 3.05) is 5.32 Å². The van der Waals surface area contributed by atoms with E-state index in [1.807, 2.05) is 44.2 Å². The summed E-state index contributed by atoms with van der Waals surface area (Å²) < 4.78 is 78.9. The minimum Gasteiger partial charge on any atom is -0.405 e. The highest BCUT2D eigenvalue weighted by atomic mass is 32.1. The number of nitrogens with two attached hydrogens (primary N) is 1. The van der Waals surface area contributed by atoms with E-state index in [1.165, 1.54) is 38.3 Å². The SMILES string of the molecule is C=C(Nc1ccccc1S)c1ccc2nc(C/C=C(\C=C(/CC)C(F)(F)F)C(F)(F)F)ccc2c1.C=CN.CC.CCCCCCC. The summed E-state index contributed by atoms with van der Waals surface area (Å²) in [5.74, 6) is 0. The number of hydrogen-bond donors (Lipinski definition) is 3. The van der Waals surface area contributed by atoms with Gasteiger partial charge in [-0.25, -0.2) is 0 Å². The van der Waals surface area contributed by atoms with Gasteiger partial charge in [-0.1, -0.05) is 110 Å². The summed E-state index contributed by atoms with van der Waals surface area (Å²) in [5.41, 5.74) is 5.05. The number of nitrogens with zero attached hydrogens (tertiary/aromatic N) is 1. The summed E-state index contributed by atoms with van der Waals surface area (Å²) in [6.45, 7) is 16.8. The first-order chi connectivity index (χ1) is 22.2. The monoisotopic (exact) mass is 681 g/mol. The number of benzene rings is 2. The summed E-state index contributed by atoms with van der Waals surface area (Å²) in [6, 6.07) is 16.0. The molecule has 0 fully saturated rings. The zero-order chi connectivity index (χ0) is 36.0. The van der Waals surface area contributed by atoms with E-state index < -0.39 is 29.9 Å². The van der Waals surface area contributed by atoms with Gasteiger partial charge in [-0.15, -0.1) is 12.6 Å². The Morgan fingerprint density at radius 3 is 2.00 bits per heavy atom. The second-order valence-corrected chi connectivity index (χ2v) is 10.5. The summed E-state index contributed by atoms with van der Waals surface area (Å²) >= 11 is 4.40. The van der Waals surface area contributed by atoms with Crippen LogP contribution in [0.15, 0.2) is 102 Å². The molecule has 2 aromatic carbocycles. The van der Waals surface area contributed by atoms with Crippen molar-refractivity contribution in [3.05, 3.63) is 109 Å². The standard InChI is InChI=1S/C26H22F6N2S.C7H16.C2H5N.C2H6/c1-3-19(25(27,28)29)15-20(26(30,31)32)10-12-21-11-8-18-14-17(9-13-22(18)34-21)16(2)33-23-6-4-5-7-24(23)35;1-3-5-7-6-4-2;1-2-3;1-2/h4-11,13-15,33,35H,2-3,12H2,1H3;3-7H2,1-2H3;2H,1,3H2;1-2H3/b19-15+,20-10+;;;. The molecule has 0 saturated heterocycles. The third kappa shape index (κ3) is 16.6. The van der Waals surface area contributed by atoms with Crippen molar-refractivity contribution in [1.29, 1.82) is 0 Å². The third-order valence-electron chi connectivity index (χ3n) is 6.43. The van der Waals surface area contributed by atoms with Crippen LogP contribution < -0.4 is 11.1 Å². The minimum atomic E-state index is -4.92. The van der Waals surface area contributed by atoms with Crippen LogP contribution in [0.4, 0.5) is 32.0 Å². The lowest BCUT2D eigenvalue weighted by Crippen LogP contribution is -2.16. The van der Waals surface area contributed by atoms with Gasteiger partial charge in [0.15, 0.2) is 0 Å². The Morgan fingerprint density at radius 1 is 0.894 bits per heavy atom. The van der Waals surface area contributed by atoms with Crippen molar-refractivity contribution in [2.24, 2.45) is 5.73 Å². The van der Waals surface area contributed by atoms with Crippen LogP contribution in [0.3, 0.4) is 0 Å². The average molecular weight is 682 g/mol. The van der Waals surface area contributed by atoms with Gasteiger partial charge < -0.3 is 11.1 Å². The average Bonchev–Trinajstić information content (AvgIpc) is 3.02. The molecule has 0 radical (unpaired) electrons. The fourth-order valence-corrected chi connectivity index (χ4v) is 4.22. The number of rotatable bonds is 11. The number of alkyl halides is 6. The van der Waals surface area contributed by atoms with Crippen LogP contribution in [-0.4, -0.2) is 17.3 Å². The summed E-state index contributed by atoms with van der Waals surface area (Å²) in [5, 5.41) is 3.92. The van der Waals surface area contributed by atoms with Crippen molar-refractivity contribution >= 4 is 34.9 Å². The third-order valence-corrected chi connectivity index (χ3v) is 6.82. The van der Waals surface area contributed by atoms with Crippen LogP contribution in [-0.2, 0) is 6.42 Å². The van der Waals surface area contributed by atoms with E-state index in [-0.39, 0.29) is 12.5 Å². The highest BCUT2D eigenvalue weighted by Gasteiger charge is 2.37. The number of halogens is 6. The maximum Gasteiger partial charge on any atom is 0.416 e. The molecule has 0 spiro atoms. The van der Waals surface area contributed by atoms with Crippen LogP contribution in [0.5, 0.6) is 0 Å². The van der Waals surface area contributed by atoms with Gasteiger partial charge in [0.25, 0.3) is 0 Å². The first-order valence-electron chi connectivity index (χ1n) is 15.7. The summed E-state index contributed by atoms with van der Waals surface area (Å²) in [7, 11) is 0. The topological polar surface area (TPSA) is 50.9 Å². The van der Waals surface area contributed by atoms with E-state index in [0.29, 0.717) is 16.9 Å². The number of para-hydroxylation sites is 1.